The van der Waals surface area contributed by atoms with E-state index in [9.17, 15) is 9.59 Å². The first-order chi connectivity index (χ1) is 15.7. The topological polar surface area (TPSA) is 62.6 Å². The highest BCUT2D eigenvalue weighted by Gasteiger charge is 2.12. The molecule has 5 nitrogen and oxygen atoms in total. The Balaban J connectivity index is 1.30. The van der Waals surface area contributed by atoms with Crippen molar-refractivity contribution in [2.75, 3.05) is 23.3 Å². The van der Waals surface area contributed by atoms with Crippen LogP contribution in [0.4, 0.5) is 11.4 Å². The van der Waals surface area contributed by atoms with E-state index in [0.717, 1.165) is 24.2 Å². The number of carbonyl (C=O) groups is 1. The Bertz CT molecular complexity index is 1300. The van der Waals surface area contributed by atoms with Crippen LogP contribution < -0.4 is 15.8 Å². The number of piperidine rings is 1. The van der Waals surface area contributed by atoms with Crippen molar-refractivity contribution in [3.05, 3.63) is 94.8 Å². The average Bonchev–Trinajstić information content (AvgIpc) is 2.85. The SMILES string of the molecule is O=C(Nc1ccc(N2CCCCC2)cc1)c1ccc(-c2cc3ccccc3oc2=O)cc1. The highest BCUT2D eigenvalue weighted by molar-refractivity contribution is 6.04. The quantitative estimate of drug-likeness (QED) is 0.427. The summed E-state index contributed by atoms with van der Waals surface area (Å²) in [5.74, 6) is -0.187. The second-order valence-electron chi connectivity index (χ2n) is 8.11. The Morgan fingerprint density at radius 3 is 2.31 bits per heavy atom. The van der Waals surface area contributed by atoms with Crippen molar-refractivity contribution in [3.63, 3.8) is 0 Å². The molecule has 0 spiro atoms. The van der Waals surface area contributed by atoms with Gasteiger partial charge in [0.05, 0.1) is 5.56 Å². The van der Waals surface area contributed by atoms with Crippen LogP contribution in [0.25, 0.3) is 22.1 Å². The van der Waals surface area contributed by atoms with Gasteiger partial charge in [0, 0.05) is 35.4 Å². The molecule has 0 atom stereocenters. The fourth-order valence-corrected chi connectivity index (χ4v) is 4.18. The van der Waals surface area contributed by atoms with Gasteiger partial charge in [0.1, 0.15) is 5.58 Å². The smallest absolute Gasteiger partial charge is 0.344 e. The number of para-hydroxylation sites is 1. The second-order valence-corrected chi connectivity index (χ2v) is 8.11. The van der Waals surface area contributed by atoms with Gasteiger partial charge in [-0.3, -0.25) is 4.79 Å². The lowest BCUT2D eigenvalue weighted by molar-refractivity contribution is 0.102. The third-order valence-corrected chi connectivity index (χ3v) is 5.95. The van der Waals surface area contributed by atoms with E-state index in [-0.39, 0.29) is 5.91 Å². The van der Waals surface area contributed by atoms with Gasteiger partial charge < -0.3 is 14.6 Å². The largest absolute Gasteiger partial charge is 0.422 e. The molecule has 1 aromatic heterocycles. The molecule has 1 saturated heterocycles. The molecule has 3 aromatic carbocycles. The Morgan fingerprint density at radius 1 is 0.844 bits per heavy atom. The van der Waals surface area contributed by atoms with Crippen LogP contribution in [0.15, 0.2) is 88.1 Å². The summed E-state index contributed by atoms with van der Waals surface area (Å²) in [5.41, 5.74) is 3.84. The summed E-state index contributed by atoms with van der Waals surface area (Å²) in [6, 6.07) is 24.2. The summed E-state index contributed by atoms with van der Waals surface area (Å²) in [5, 5.41) is 3.80. The minimum Gasteiger partial charge on any atom is -0.422 e. The standard InChI is InChI=1S/C27H24N2O3/c30-26(28-22-12-14-23(15-13-22)29-16-4-1-5-17-29)20-10-8-19(9-11-20)24-18-21-6-2-3-7-25(21)32-27(24)31/h2-3,6-15,18H,1,4-5,16-17H2,(H,28,30). The van der Waals surface area contributed by atoms with Crippen molar-refractivity contribution in [2.24, 2.45) is 0 Å². The molecule has 4 aromatic rings. The number of amides is 1. The van der Waals surface area contributed by atoms with E-state index in [1.807, 2.05) is 36.4 Å². The van der Waals surface area contributed by atoms with Crippen LogP contribution in [0.5, 0.6) is 0 Å². The summed E-state index contributed by atoms with van der Waals surface area (Å²) in [4.78, 5) is 27.5. The highest BCUT2D eigenvalue weighted by Crippen LogP contribution is 2.24. The van der Waals surface area contributed by atoms with Crippen LogP contribution in [-0.4, -0.2) is 19.0 Å². The van der Waals surface area contributed by atoms with Gasteiger partial charge in [-0.1, -0.05) is 30.3 Å². The summed E-state index contributed by atoms with van der Waals surface area (Å²) in [6.45, 7) is 2.18. The van der Waals surface area contributed by atoms with Crippen LogP contribution in [0.2, 0.25) is 0 Å². The van der Waals surface area contributed by atoms with E-state index in [1.165, 1.54) is 24.9 Å². The monoisotopic (exact) mass is 424 g/mol. The molecule has 1 amide bonds. The predicted octanol–water partition coefficient (Wildman–Crippen LogP) is 5.70. The van der Waals surface area contributed by atoms with Crippen molar-refractivity contribution in [1.29, 1.82) is 0 Å². The Morgan fingerprint density at radius 2 is 1.56 bits per heavy atom. The van der Waals surface area contributed by atoms with Crippen molar-refractivity contribution >= 4 is 28.3 Å². The van der Waals surface area contributed by atoms with E-state index >= 15 is 0 Å². The van der Waals surface area contributed by atoms with E-state index < -0.39 is 5.63 Å². The number of carbonyl (C=O) groups excluding carboxylic acids is 1. The lowest BCUT2D eigenvalue weighted by Crippen LogP contribution is -2.29. The Kier molecular flexibility index (Phi) is 5.46. The molecule has 5 heteroatoms. The molecular weight excluding hydrogens is 400 g/mol. The van der Waals surface area contributed by atoms with Crippen LogP contribution >= 0.6 is 0 Å². The maximum absolute atomic E-state index is 12.7. The number of nitrogens with zero attached hydrogens (tertiary/aromatic N) is 1. The summed E-state index contributed by atoms with van der Waals surface area (Å²) in [6.07, 6.45) is 3.76. The van der Waals surface area contributed by atoms with Crippen molar-refractivity contribution in [1.82, 2.24) is 0 Å². The predicted molar refractivity (Wildman–Crippen MR) is 128 cm³/mol. The molecule has 1 aliphatic heterocycles. The molecule has 1 fully saturated rings. The first-order valence-corrected chi connectivity index (χ1v) is 11.0. The molecule has 1 aliphatic rings. The number of rotatable bonds is 4. The molecule has 1 N–H and O–H groups in total. The van der Waals surface area contributed by atoms with Crippen molar-refractivity contribution < 1.29 is 9.21 Å². The highest BCUT2D eigenvalue weighted by atomic mass is 16.4. The van der Waals surface area contributed by atoms with E-state index in [1.54, 1.807) is 30.3 Å². The zero-order valence-corrected chi connectivity index (χ0v) is 17.7. The fraction of sp³-hybridized carbons (Fsp3) is 0.185. The normalized spacial score (nSPS) is 13.8. The van der Waals surface area contributed by atoms with Crippen molar-refractivity contribution in [3.8, 4) is 11.1 Å². The number of nitrogens with one attached hydrogen (secondary N) is 1. The van der Waals surface area contributed by atoms with Crippen LogP contribution in [0.1, 0.15) is 29.6 Å². The number of anilines is 2. The third kappa shape index (κ3) is 4.14. The van der Waals surface area contributed by atoms with Crippen LogP contribution in [0.3, 0.4) is 0 Å². The van der Waals surface area contributed by atoms with Gasteiger partial charge in [-0.25, -0.2) is 4.79 Å². The molecule has 2 heterocycles. The lowest BCUT2D eigenvalue weighted by atomic mass is 10.0. The Labute approximate surface area is 186 Å². The van der Waals surface area contributed by atoms with Gasteiger partial charge in [0.25, 0.3) is 5.91 Å². The molecule has 0 unspecified atom stereocenters. The van der Waals surface area contributed by atoms with Gasteiger partial charge in [-0.15, -0.1) is 0 Å². The average molecular weight is 425 g/mol. The molecule has 160 valence electrons. The Hall–Kier alpha value is -3.86. The molecule has 5 rings (SSSR count). The minimum absolute atomic E-state index is 0.187. The summed E-state index contributed by atoms with van der Waals surface area (Å²) >= 11 is 0. The van der Waals surface area contributed by atoms with Crippen LogP contribution in [-0.2, 0) is 0 Å². The second kappa shape index (κ2) is 8.71. The number of fused-ring (bicyclic) bond motifs is 1. The van der Waals surface area contributed by atoms with E-state index in [0.29, 0.717) is 22.3 Å². The van der Waals surface area contributed by atoms with Gasteiger partial charge in [0.2, 0.25) is 0 Å². The molecule has 0 radical (unpaired) electrons. The van der Waals surface area contributed by atoms with Crippen LogP contribution in [0, 0.1) is 0 Å². The molecule has 32 heavy (non-hydrogen) atoms. The number of hydrogen-bond donors (Lipinski definition) is 1. The molecular formula is C27H24N2O3. The molecule has 0 saturated carbocycles. The maximum Gasteiger partial charge on any atom is 0.344 e. The zero-order valence-electron chi connectivity index (χ0n) is 17.7. The molecule has 0 aliphatic carbocycles. The zero-order chi connectivity index (χ0) is 21.9. The fourth-order valence-electron chi connectivity index (χ4n) is 4.18. The number of hydrogen-bond acceptors (Lipinski definition) is 4. The first kappa shape index (κ1) is 20.1. The van der Waals surface area contributed by atoms with Gasteiger partial charge in [-0.05, 0) is 73.4 Å². The van der Waals surface area contributed by atoms with Gasteiger partial charge >= 0.3 is 5.63 Å². The lowest BCUT2D eigenvalue weighted by Gasteiger charge is -2.28. The van der Waals surface area contributed by atoms with Gasteiger partial charge in [-0.2, -0.15) is 0 Å². The van der Waals surface area contributed by atoms with Gasteiger partial charge in [0.15, 0.2) is 0 Å². The van der Waals surface area contributed by atoms with Crippen molar-refractivity contribution in [2.45, 2.75) is 19.3 Å². The summed E-state index contributed by atoms with van der Waals surface area (Å²) < 4.78 is 5.42. The van der Waals surface area contributed by atoms with E-state index in [4.69, 9.17) is 4.42 Å². The third-order valence-electron chi connectivity index (χ3n) is 5.95. The minimum atomic E-state index is -0.394. The summed E-state index contributed by atoms with van der Waals surface area (Å²) in [7, 11) is 0. The first-order valence-electron chi connectivity index (χ1n) is 11.0. The van der Waals surface area contributed by atoms with E-state index in [2.05, 4.69) is 22.3 Å². The maximum atomic E-state index is 12.7. The molecule has 0 bridgehead atoms. The number of benzene rings is 3.